The first kappa shape index (κ1) is 35.5. The molecular weight excluding hydrogens is 496 g/mol. The van der Waals surface area contributed by atoms with E-state index in [1.165, 1.54) is 77.0 Å². The van der Waals surface area contributed by atoms with E-state index < -0.39 is 31.4 Å². The van der Waals surface area contributed by atoms with Gasteiger partial charge in [0.25, 0.3) is 0 Å². The van der Waals surface area contributed by atoms with E-state index in [1.807, 2.05) is 20.8 Å². The molecule has 7 nitrogen and oxygen atoms in total. The van der Waals surface area contributed by atoms with E-state index in [0.29, 0.717) is 24.6 Å². The number of unbranched alkanes of at least 4 members (excludes halogenated alkanes) is 14. The van der Waals surface area contributed by atoms with Crippen molar-refractivity contribution in [3.63, 3.8) is 0 Å². The van der Waals surface area contributed by atoms with E-state index >= 15 is 0 Å². The highest BCUT2D eigenvalue weighted by Crippen LogP contribution is 2.24. The van der Waals surface area contributed by atoms with E-state index in [4.69, 9.17) is 12.8 Å². The van der Waals surface area contributed by atoms with Crippen molar-refractivity contribution in [2.45, 2.75) is 155 Å². The highest BCUT2D eigenvalue weighted by molar-refractivity contribution is 7.83. The molecule has 0 fully saturated rings. The van der Waals surface area contributed by atoms with Gasteiger partial charge in [0.05, 0.1) is 6.61 Å². The summed E-state index contributed by atoms with van der Waals surface area (Å²) < 4.78 is 39.4. The molecule has 1 N–H and O–H groups in total. The third-order valence-corrected chi connectivity index (χ3v) is 13.6. The average molecular weight is 553 g/mol. The van der Waals surface area contributed by atoms with Crippen LogP contribution in [0.2, 0.25) is 18.1 Å². The molecule has 0 rings (SSSR count). The van der Waals surface area contributed by atoms with Gasteiger partial charge in [0.1, 0.15) is 12.7 Å². The van der Waals surface area contributed by atoms with Crippen LogP contribution in [0.15, 0.2) is 0 Å². The Morgan fingerprint density at radius 2 is 1.11 bits per heavy atom. The summed E-state index contributed by atoms with van der Waals surface area (Å²) in [5.41, 5.74) is 0. The summed E-state index contributed by atoms with van der Waals surface area (Å²) >= 11 is 0. The van der Waals surface area contributed by atoms with Crippen LogP contribution in [0, 0.1) is 0 Å². The number of carbonyl (C=O) groups excluding carboxylic acids is 1. The van der Waals surface area contributed by atoms with Crippen molar-refractivity contribution >= 4 is 24.7 Å². The number of hydrogen-bond donors (Lipinski definition) is 1. The van der Waals surface area contributed by atoms with Crippen LogP contribution < -0.4 is 0 Å². The molecule has 0 heterocycles. The zero-order valence-corrected chi connectivity index (χ0v) is 25.5. The third kappa shape index (κ3) is 19.6. The first-order valence-electron chi connectivity index (χ1n) is 14.7. The molecule has 216 valence electrons. The summed E-state index contributed by atoms with van der Waals surface area (Å²) in [7, 11) is -6.57. The van der Waals surface area contributed by atoms with Crippen LogP contribution in [-0.4, -0.2) is 47.1 Å². The van der Waals surface area contributed by atoms with Crippen LogP contribution >= 0.6 is 0 Å². The Balaban J connectivity index is 3.68. The zero-order chi connectivity index (χ0) is 27.1. The second-order valence-electron chi connectivity index (χ2n) is 10.1. The summed E-state index contributed by atoms with van der Waals surface area (Å²) in [4.78, 5) is 11.9. The molecule has 36 heavy (non-hydrogen) atoms. The molecule has 0 unspecified atom stereocenters. The molecule has 1 atom stereocenters. The Hall–Kier alpha value is -0.483. The van der Waals surface area contributed by atoms with Crippen molar-refractivity contribution in [3.8, 4) is 0 Å². The number of ether oxygens (including phenoxy) is 1. The molecule has 0 saturated carbocycles. The average Bonchev–Trinajstić information content (AvgIpc) is 2.87. The van der Waals surface area contributed by atoms with Crippen LogP contribution in [0.4, 0.5) is 0 Å². The van der Waals surface area contributed by atoms with Gasteiger partial charge in [-0.2, -0.15) is 8.42 Å². The summed E-state index contributed by atoms with van der Waals surface area (Å²) in [5, 5.41) is 9.92. The molecule has 0 saturated heterocycles. The van der Waals surface area contributed by atoms with Crippen LogP contribution in [0.1, 0.15) is 130 Å². The fraction of sp³-hybridized carbons (Fsp3) is 0.963. The minimum absolute atomic E-state index is 0.287. The fourth-order valence-corrected chi connectivity index (χ4v) is 9.44. The molecule has 0 aliphatic heterocycles. The zero-order valence-electron chi connectivity index (χ0n) is 23.7. The van der Waals surface area contributed by atoms with E-state index in [2.05, 4.69) is 6.92 Å². The quantitative estimate of drug-likeness (QED) is 0.0676. The summed E-state index contributed by atoms with van der Waals surface area (Å²) in [6.45, 7) is 7.24. The van der Waals surface area contributed by atoms with Gasteiger partial charge in [-0.15, -0.1) is 0 Å². The maximum Gasteiger partial charge on any atom is 0.390 e. The SMILES string of the molecule is CCCCCCCCCCCCCCCCCC(=O)OC[C@@H](O)COS(=O)(=O)O[Si](CC)(CC)CC. The summed E-state index contributed by atoms with van der Waals surface area (Å²) in [6.07, 6.45) is 18.1. The van der Waals surface area contributed by atoms with Crippen molar-refractivity contribution in [2.75, 3.05) is 13.2 Å². The predicted molar refractivity (Wildman–Crippen MR) is 150 cm³/mol. The van der Waals surface area contributed by atoms with Crippen LogP contribution in [-0.2, 0) is 28.0 Å². The van der Waals surface area contributed by atoms with Crippen molar-refractivity contribution < 1.29 is 31.1 Å². The molecule has 0 aliphatic rings. The van der Waals surface area contributed by atoms with Crippen molar-refractivity contribution in [3.05, 3.63) is 0 Å². The van der Waals surface area contributed by atoms with Gasteiger partial charge < -0.3 is 9.84 Å². The van der Waals surface area contributed by atoms with Gasteiger partial charge in [-0.3, -0.25) is 8.67 Å². The second-order valence-corrected chi connectivity index (χ2v) is 16.3. The van der Waals surface area contributed by atoms with Gasteiger partial charge in [0.15, 0.2) is 0 Å². The smallest absolute Gasteiger partial charge is 0.390 e. The predicted octanol–water partition coefficient (Wildman–Crippen LogP) is 7.44. The highest BCUT2D eigenvalue weighted by Gasteiger charge is 2.35. The van der Waals surface area contributed by atoms with E-state index in [-0.39, 0.29) is 12.6 Å². The molecule has 9 heteroatoms. The lowest BCUT2D eigenvalue weighted by atomic mass is 10.0. The number of hydrogen-bond acceptors (Lipinski definition) is 7. The number of aliphatic hydroxyl groups is 1. The standard InChI is InChI=1S/C27H56O7SSi/c1-5-9-10-11-12-13-14-15-16-17-18-19-20-21-22-23-27(29)32-24-26(28)25-33-35(30,31)34-36(6-2,7-3)8-4/h26,28H,5-25H2,1-4H3/t26-/m1/s1. The van der Waals surface area contributed by atoms with Gasteiger partial charge in [0, 0.05) is 6.42 Å². The number of aliphatic hydroxyl groups excluding tert-OH is 1. The lowest BCUT2D eigenvalue weighted by Crippen LogP contribution is -2.39. The maximum absolute atomic E-state index is 12.1. The Morgan fingerprint density at radius 1 is 0.694 bits per heavy atom. The normalized spacial score (nSPS) is 13.1. The summed E-state index contributed by atoms with van der Waals surface area (Å²) in [5.74, 6) is -0.378. The fourth-order valence-electron chi connectivity index (χ4n) is 4.28. The molecule has 0 aliphatic carbocycles. The lowest BCUT2D eigenvalue weighted by Gasteiger charge is -2.26. The lowest BCUT2D eigenvalue weighted by molar-refractivity contribution is -0.147. The number of carbonyl (C=O) groups is 1. The second kappa shape index (κ2) is 22.5. The summed E-state index contributed by atoms with van der Waals surface area (Å²) in [6, 6.07) is 2.01. The van der Waals surface area contributed by atoms with Crippen molar-refractivity contribution in [1.29, 1.82) is 0 Å². The first-order chi connectivity index (χ1) is 17.2. The molecule has 0 amide bonds. The monoisotopic (exact) mass is 552 g/mol. The topological polar surface area (TPSA) is 99.1 Å². The van der Waals surface area contributed by atoms with Crippen molar-refractivity contribution in [1.82, 2.24) is 0 Å². The van der Waals surface area contributed by atoms with Gasteiger partial charge in [0.2, 0.25) is 8.32 Å². The molecule has 0 bridgehead atoms. The third-order valence-electron chi connectivity index (χ3n) is 7.04. The number of rotatable bonds is 26. The van der Waals surface area contributed by atoms with Crippen LogP contribution in [0.25, 0.3) is 0 Å². The maximum atomic E-state index is 12.1. The molecular formula is C27H56O7SSi. The molecule has 0 spiro atoms. The van der Waals surface area contributed by atoms with Crippen LogP contribution in [0.5, 0.6) is 0 Å². The largest absolute Gasteiger partial charge is 0.463 e. The number of esters is 1. The molecule has 0 radical (unpaired) electrons. The van der Waals surface area contributed by atoms with E-state index in [0.717, 1.165) is 19.3 Å². The minimum Gasteiger partial charge on any atom is -0.463 e. The van der Waals surface area contributed by atoms with Crippen LogP contribution in [0.3, 0.4) is 0 Å². The molecule has 0 aromatic rings. The Labute approximate surface area is 223 Å². The first-order valence-corrected chi connectivity index (χ1v) is 18.5. The Morgan fingerprint density at radius 3 is 1.53 bits per heavy atom. The van der Waals surface area contributed by atoms with E-state index in [9.17, 15) is 18.3 Å². The van der Waals surface area contributed by atoms with Gasteiger partial charge in [-0.1, -0.05) is 118 Å². The van der Waals surface area contributed by atoms with Gasteiger partial charge in [-0.25, -0.2) is 4.18 Å². The van der Waals surface area contributed by atoms with Crippen molar-refractivity contribution in [2.24, 2.45) is 0 Å². The Kier molecular flexibility index (Phi) is 22.2. The van der Waals surface area contributed by atoms with Gasteiger partial charge >= 0.3 is 16.4 Å². The minimum atomic E-state index is -4.19. The Bertz CT molecular complexity index is 615. The molecule has 0 aromatic carbocycles. The highest BCUT2D eigenvalue weighted by atomic mass is 32.3. The van der Waals surface area contributed by atoms with E-state index in [1.54, 1.807) is 0 Å². The molecule has 0 aromatic heterocycles. The van der Waals surface area contributed by atoms with Gasteiger partial charge in [-0.05, 0) is 24.6 Å².